The molecule has 0 aliphatic carbocycles. The molecule has 0 bridgehead atoms. The van der Waals surface area contributed by atoms with Crippen LogP contribution in [0.1, 0.15) is 12.6 Å². The summed E-state index contributed by atoms with van der Waals surface area (Å²) < 4.78 is 1.67. The van der Waals surface area contributed by atoms with Crippen LogP contribution >= 0.6 is 0 Å². The number of likely N-dealkylation sites (N-methyl/N-ethyl adjacent to an activating group) is 1. The minimum absolute atomic E-state index is 0.0611. The Morgan fingerprint density at radius 3 is 2.90 bits per heavy atom. The number of pyridine rings is 1. The molecule has 7 heteroatoms. The van der Waals surface area contributed by atoms with Gasteiger partial charge in [0, 0.05) is 25.4 Å². The number of hydrogen-bond acceptors (Lipinski definition) is 4. The molecule has 7 nitrogen and oxygen atoms in total. The third kappa shape index (κ3) is 4.03. The van der Waals surface area contributed by atoms with E-state index < -0.39 is 0 Å². The molecule has 2 rings (SSSR count). The van der Waals surface area contributed by atoms with Crippen LogP contribution in [0.25, 0.3) is 0 Å². The summed E-state index contributed by atoms with van der Waals surface area (Å²) in [6.07, 6.45) is 3.35. The van der Waals surface area contributed by atoms with Crippen molar-refractivity contribution in [3.63, 3.8) is 0 Å². The van der Waals surface area contributed by atoms with Crippen LogP contribution in [0.4, 0.5) is 10.6 Å². The van der Waals surface area contributed by atoms with E-state index in [0.29, 0.717) is 25.5 Å². The maximum absolute atomic E-state index is 12.1. The molecule has 0 radical (unpaired) electrons. The molecule has 0 unspecified atom stereocenters. The smallest absolute Gasteiger partial charge is 0.323 e. The largest absolute Gasteiger partial charge is 0.395 e. The van der Waals surface area contributed by atoms with Crippen LogP contribution in [-0.2, 0) is 6.54 Å². The van der Waals surface area contributed by atoms with Gasteiger partial charge in [0.25, 0.3) is 0 Å². The molecule has 0 fully saturated rings. The van der Waals surface area contributed by atoms with Crippen molar-refractivity contribution in [2.24, 2.45) is 0 Å². The Morgan fingerprint density at radius 1 is 1.38 bits per heavy atom. The molecular formula is C14H19N5O2. The molecule has 0 aromatic carbocycles. The van der Waals surface area contributed by atoms with Gasteiger partial charge in [-0.05, 0) is 19.1 Å². The lowest BCUT2D eigenvalue weighted by Crippen LogP contribution is -2.37. The molecule has 2 N–H and O–H groups in total. The zero-order valence-electron chi connectivity index (χ0n) is 11.9. The topological polar surface area (TPSA) is 83.3 Å². The quantitative estimate of drug-likeness (QED) is 0.836. The highest BCUT2D eigenvalue weighted by molar-refractivity contribution is 5.88. The van der Waals surface area contributed by atoms with Crippen LogP contribution in [0.3, 0.4) is 0 Å². The molecule has 2 aromatic rings. The number of amides is 2. The van der Waals surface area contributed by atoms with E-state index in [1.54, 1.807) is 23.1 Å². The molecule has 0 saturated heterocycles. The third-order valence-electron chi connectivity index (χ3n) is 3.03. The summed E-state index contributed by atoms with van der Waals surface area (Å²) >= 11 is 0. The molecule has 0 aliphatic rings. The normalized spacial score (nSPS) is 10.4. The highest BCUT2D eigenvalue weighted by Gasteiger charge is 2.13. The predicted octanol–water partition coefficient (Wildman–Crippen LogP) is 1.17. The summed E-state index contributed by atoms with van der Waals surface area (Å²) in [6.45, 7) is 3.11. The van der Waals surface area contributed by atoms with Gasteiger partial charge >= 0.3 is 6.03 Å². The number of rotatable bonds is 6. The molecule has 112 valence electrons. The first-order chi connectivity index (χ1) is 10.2. The van der Waals surface area contributed by atoms with Gasteiger partial charge in [-0.15, -0.1) is 0 Å². The number of anilines is 1. The van der Waals surface area contributed by atoms with Crippen LogP contribution in [-0.4, -0.2) is 50.5 Å². The van der Waals surface area contributed by atoms with Gasteiger partial charge in [-0.25, -0.2) is 9.48 Å². The Morgan fingerprint density at radius 2 is 2.24 bits per heavy atom. The number of aromatic nitrogens is 3. The van der Waals surface area contributed by atoms with Crippen molar-refractivity contribution in [1.82, 2.24) is 19.7 Å². The number of urea groups is 1. The van der Waals surface area contributed by atoms with Crippen LogP contribution in [0, 0.1) is 0 Å². The summed E-state index contributed by atoms with van der Waals surface area (Å²) in [6, 6.07) is 7.13. The summed E-state index contributed by atoms with van der Waals surface area (Å²) in [7, 11) is 0. The lowest BCUT2D eigenvalue weighted by molar-refractivity contribution is 0.191. The van der Waals surface area contributed by atoms with Crippen LogP contribution in [0.2, 0.25) is 0 Å². The van der Waals surface area contributed by atoms with Crippen molar-refractivity contribution in [1.29, 1.82) is 0 Å². The Balaban J connectivity index is 2.05. The lowest BCUT2D eigenvalue weighted by atomic mass is 10.3. The Bertz CT molecular complexity index is 570. The van der Waals surface area contributed by atoms with Crippen molar-refractivity contribution in [3.8, 4) is 0 Å². The minimum Gasteiger partial charge on any atom is -0.395 e. The minimum atomic E-state index is -0.255. The van der Waals surface area contributed by atoms with E-state index >= 15 is 0 Å². The number of aliphatic hydroxyl groups is 1. The molecule has 0 aliphatic heterocycles. The second-order valence-electron chi connectivity index (χ2n) is 4.43. The fourth-order valence-electron chi connectivity index (χ4n) is 1.92. The molecule has 21 heavy (non-hydrogen) atoms. The summed E-state index contributed by atoms with van der Waals surface area (Å²) in [5, 5.41) is 15.9. The van der Waals surface area contributed by atoms with Gasteiger partial charge in [-0.1, -0.05) is 6.07 Å². The van der Waals surface area contributed by atoms with Crippen LogP contribution in [0.15, 0.2) is 36.7 Å². The van der Waals surface area contributed by atoms with E-state index in [0.717, 1.165) is 5.69 Å². The Labute approximate surface area is 123 Å². The molecular weight excluding hydrogens is 270 g/mol. The maximum atomic E-state index is 12.1. The van der Waals surface area contributed by atoms with Gasteiger partial charge in [0.1, 0.15) is 5.82 Å². The van der Waals surface area contributed by atoms with E-state index in [9.17, 15) is 4.79 Å². The van der Waals surface area contributed by atoms with Crippen molar-refractivity contribution in [2.75, 3.05) is 25.0 Å². The Hall–Kier alpha value is -2.41. The monoisotopic (exact) mass is 289 g/mol. The summed E-state index contributed by atoms with van der Waals surface area (Å²) in [5.74, 6) is 0.599. The molecule has 2 heterocycles. The number of nitrogens with one attached hydrogen (secondary N) is 1. The van der Waals surface area contributed by atoms with E-state index in [1.165, 1.54) is 4.90 Å². The molecule has 2 amide bonds. The zero-order chi connectivity index (χ0) is 15.1. The number of carbonyl (C=O) groups is 1. The van der Waals surface area contributed by atoms with E-state index in [2.05, 4.69) is 15.4 Å². The highest BCUT2D eigenvalue weighted by Crippen LogP contribution is 2.09. The zero-order valence-corrected chi connectivity index (χ0v) is 11.9. The van der Waals surface area contributed by atoms with Crippen LogP contribution < -0.4 is 5.32 Å². The number of nitrogens with zero attached hydrogens (tertiary/aromatic N) is 4. The van der Waals surface area contributed by atoms with E-state index in [-0.39, 0.29) is 12.6 Å². The molecule has 2 aromatic heterocycles. The van der Waals surface area contributed by atoms with Crippen molar-refractivity contribution in [2.45, 2.75) is 13.5 Å². The second kappa shape index (κ2) is 7.39. The van der Waals surface area contributed by atoms with Crippen molar-refractivity contribution < 1.29 is 9.90 Å². The Kier molecular flexibility index (Phi) is 5.28. The van der Waals surface area contributed by atoms with Crippen molar-refractivity contribution >= 4 is 11.8 Å². The fraction of sp³-hybridized carbons (Fsp3) is 0.357. The standard InChI is InChI=1S/C14H19N5O2/c1-2-18(9-10-20)14(21)17-13-6-8-16-19(13)11-12-5-3-4-7-15-12/h3-8,20H,2,9-11H2,1H3,(H,17,21). The fourth-order valence-corrected chi connectivity index (χ4v) is 1.92. The second-order valence-corrected chi connectivity index (χ2v) is 4.43. The summed E-state index contributed by atoms with van der Waals surface area (Å²) in [4.78, 5) is 17.8. The lowest BCUT2D eigenvalue weighted by Gasteiger charge is -2.20. The van der Waals surface area contributed by atoms with E-state index in [1.807, 2.05) is 25.1 Å². The average Bonchev–Trinajstić information content (AvgIpc) is 2.92. The summed E-state index contributed by atoms with van der Waals surface area (Å²) in [5.41, 5.74) is 0.861. The van der Waals surface area contributed by atoms with Gasteiger partial charge < -0.3 is 10.0 Å². The molecule has 0 spiro atoms. The SMILES string of the molecule is CCN(CCO)C(=O)Nc1ccnn1Cc1ccccn1. The van der Waals surface area contributed by atoms with Gasteiger partial charge in [0.15, 0.2) is 0 Å². The van der Waals surface area contributed by atoms with Gasteiger partial charge in [-0.2, -0.15) is 5.10 Å². The van der Waals surface area contributed by atoms with Gasteiger partial charge in [0.2, 0.25) is 0 Å². The van der Waals surface area contributed by atoms with Gasteiger partial charge in [0.05, 0.1) is 25.0 Å². The van der Waals surface area contributed by atoms with Gasteiger partial charge in [-0.3, -0.25) is 10.3 Å². The number of hydrogen-bond donors (Lipinski definition) is 2. The van der Waals surface area contributed by atoms with E-state index in [4.69, 9.17) is 5.11 Å². The first kappa shape index (κ1) is 15.0. The predicted molar refractivity (Wildman–Crippen MR) is 78.9 cm³/mol. The maximum Gasteiger partial charge on any atom is 0.323 e. The highest BCUT2D eigenvalue weighted by atomic mass is 16.3. The van der Waals surface area contributed by atoms with Crippen LogP contribution in [0.5, 0.6) is 0 Å². The number of aliphatic hydroxyl groups excluding tert-OH is 1. The first-order valence-electron chi connectivity index (χ1n) is 6.83. The third-order valence-corrected chi connectivity index (χ3v) is 3.03. The molecule has 0 saturated carbocycles. The average molecular weight is 289 g/mol. The molecule has 0 atom stereocenters. The number of carbonyl (C=O) groups excluding carboxylic acids is 1. The van der Waals surface area contributed by atoms with Crippen molar-refractivity contribution in [3.05, 3.63) is 42.4 Å². The first-order valence-corrected chi connectivity index (χ1v) is 6.83.